The number of methoxy groups -OCH3 is 1. The Bertz CT molecular complexity index is 612. The van der Waals surface area contributed by atoms with Gasteiger partial charge in [-0.2, -0.15) is 0 Å². The largest absolute Gasteiger partial charge is 0.507 e. The topological polar surface area (TPSA) is 84.3 Å². The molecule has 0 unspecified atom stereocenters. The molecule has 0 aliphatic carbocycles. The number of phenols is 1. The molecular formula is C14H15N3O3. The van der Waals surface area contributed by atoms with Gasteiger partial charge in [0.1, 0.15) is 11.5 Å². The van der Waals surface area contributed by atoms with Gasteiger partial charge in [-0.05, 0) is 25.1 Å². The molecule has 2 aromatic rings. The predicted octanol–water partition coefficient (Wildman–Crippen LogP) is 1.43. The number of phenolic OH excluding ortho intramolecular Hbond substituents is 1. The van der Waals surface area contributed by atoms with Gasteiger partial charge in [0, 0.05) is 6.20 Å². The molecule has 2 rings (SSSR count). The molecule has 1 aromatic carbocycles. The van der Waals surface area contributed by atoms with Gasteiger partial charge in [-0.25, -0.2) is 0 Å². The predicted molar refractivity (Wildman–Crippen MR) is 72.6 cm³/mol. The maximum absolute atomic E-state index is 12.0. The normalized spacial score (nSPS) is 10.1. The Balaban J connectivity index is 2.06. The summed E-state index contributed by atoms with van der Waals surface area (Å²) in [6.07, 6.45) is 3.23. The van der Waals surface area contributed by atoms with E-state index < -0.39 is 5.91 Å². The molecule has 0 atom stereocenters. The van der Waals surface area contributed by atoms with Gasteiger partial charge < -0.3 is 15.2 Å². The number of rotatable bonds is 4. The Labute approximate surface area is 116 Å². The first-order valence-electron chi connectivity index (χ1n) is 6.03. The van der Waals surface area contributed by atoms with Crippen LogP contribution in [0.2, 0.25) is 0 Å². The molecule has 0 spiro atoms. The minimum atomic E-state index is -0.399. The Kier molecular flexibility index (Phi) is 4.14. The average Bonchev–Trinajstić information content (AvgIpc) is 2.47. The van der Waals surface area contributed by atoms with Crippen molar-refractivity contribution in [3.8, 4) is 11.5 Å². The Morgan fingerprint density at radius 3 is 2.80 bits per heavy atom. The van der Waals surface area contributed by atoms with Crippen molar-refractivity contribution >= 4 is 5.91 Å². The zero-order chi connectivity index (χ0) is 14.5. The second-order valence-corrected chi connectivity index (χ2v) is 4.21. The number of carbonyl (C=O) groups is 1. The van der Waals surface area contributed by atoms with Crippen LogP contribution in [0.4, 0.5) is 0 Å². The van der Waals surface area contributed by atoms with Crippen LogP contribution in [0.25, 0.3) is 0 Å². The minimum absolute atomic E-state index is 0.0988. The van der Waals surface area contributed by atoms with Gasteiger partial charge in [0.05, 0.1) is 36.8 Å². The van der Waals surface area contributed by atoms with Gasteiger partial charge in [-0.3, -0.25) is 14.8 Å². The summed E-state index contributed by atoms with van der Waals surface area (Å²) in [4.78, 5) is 20.2. The zero-order valence-corrected chi connectivity index (χ0v) is 11.3. The number of amides is 1. The van der Waals surface area contributed by atoms with Crippen molar-refractivity contribution in [2.45, 2.75) is 13.5 Å². The molecule has 6 heteroatoms. The van der Waals surface area contributed by atoms with E-state index >= 15 is 0 Å². The van der Waals surface area contributed by atoms with Crippen LogP contribution in [0.3, 0.4) is 0 Å². The molecule has 0 bridgehead atoms. The second-order valence-electron chi connectivity index (χ2n) is 4.21. The minimum Gasteiger partial charge on any atom is -0.507 e. The first-order chi connectivity index (χ1) is 9.60. The van der Waals surface area contributed by atoms with Crippen molar-refractivity contribution in [3.63, 3.8) is 0 Å². The molecule has 0 aliphatic rings. The van der Waals surface area contributed by atoms with E-state index in [9.17, 15) is 9.90 Å². The summed E-state index contributed by atoms with van der Waals surface area (Å²) in [6.45, 7) is 2.08. The molecule has 0 fully saturated rings. The van der Waals surface area contributed by atoms with E-state index in [1.807, 2.05) is 6.92 Å². The lowest BCUT2D eigenvalue weighted by Gasteiger charge is -2.08. The van der Waals surface area contributed by atoms with Gasteiger partial charge in [-0.15, -0.1) is 0 Å². The average molecular weight is 273 g/mol. The molecule has 0 saturated carbocycles. The van der Waals surface area contributed by atoms with E-state index in [1.54, 1.807) is 18.5 Å². The number of hydrogen-bond donors (Lipinski definition) is 2. The van der Waals surface area contributed by atoms with E-state index in [-0.39, 0.29) is 17.9 Å². The van der Waals surface area contributed by atoms with Gasteiger partial charge in [0.25, 0.3) is 5.91 Å². The van der Waals surface area contributed by atoms with Crippen LogP contribution in [-0.4, -0.2) is 28.1 Å². The summed E-state index contributed by atoms with van der Waals surface area (Å²) in [7, 11) is 1.50. The number of aromatic hydroxyl groups is 1. The summed E-state index contributed by atoms with van der Waals surface area (Å²) in [5, 5.41) is 12.4. The van der Waals surface area contributed by atoms with Crippen LogP contribution in [0, 0.1) is 6.92 Å². The van der Waals surface area contributed by atoms with E-state index in [0.29, 0.717) is 11.4 Å². The van der Waals surface area contributed by atoms with Crippen molar-refractivity contribution in [2.24, 2.45) is 0 Å². The molecule has 0 aliphatic heterocycles. The maximum atomic E-state index is 12.0. The first-order valence-corrected chi connectivity index (χ1v) is 6.03. The lowest BCUT2D eigenvalue weighted by atomic mass is 10.1. The molecule has 1 aromatic heterocycles. The van der Waals surface area contributed by atoms with Crippen molar-refractivity contribution in [1.82, 2.24) is 15.3 Å². The van der Waals surface area contributed by atoms with Crippen LogP contribution in [0.5, 0.6) is 11.5 Å². The molecular weight excluding hydrogens is 258 g/mol. The Morgan fingerprint density at radius 1 is 1.35 bits per heavy atom. The maximum Gasteiger partial charge on any atom is 0.255 e. The van der Waals surface area contributed by atoms with E-state index in [4.69, 9.17) is 4.74 Å². The third-order valence-electron chi connectivity index (χ3n) is 2.71. The number of ether oxygens (including phenoxy) is 1. The SMILES string of the molecule is COc1ccc(O)c(C(=O)NCc2cnc(C)cn2)c1. The van der Waals surface area contributed by atoms with Crippen LogP contribution in [0.1, 0.15) is 21.7 Å². The van der Waals surface area contributed by atoms with Crippen LogP contribution in [0.15, 0.2) is 30.6 Å². The summed E-state index contributed by atoms with van der Waals surface area (Å²) in [5.74, 6) is 0.00476. The van der Waals surface area contributed by atoms with E-state index in [2.05, 4.69) is 15.3 Å². The summed E-state index contributed by atoms with van der Waals surface area (Å²) in [5.41, 5.74) is 1.61. The fraction of sp³-hybridized carbons (Fsp3) is 0.214. The highest BCUT2D eigenvalue weighted by atomic mass is 16.5. The third-order valence-corrected chi connectivity index (χ3v) is 2.71. The van der Waals surface area contributed by atoms with Crippen molar-refractivity contribution in [2.75, 3.05) is 7.11 Å². The fourth-order valence-electron chi connectivity index (χ4n) is 1.60. The molecule has 0 saturated heterocycles. The highest BCUT2D eigenvalue weighted by molar-refractivity contribution is 5.97. The summed E-state index contributed by atoms with van der Waals surface area (Å²) < 4.78 is 5.02. The fourth-order valence-corrected chi connectivity index (χ4v) is 1.60. The summed E-state index contributed by atoms with van der Waals surface area (Å²) >= 11 is 0. The number of aryl methyl sites for hydroxylation is 1. The van der Waals surface area contributed by atoms with Crippen LogP contribution < -0.4 is 10.1 Å². The molecule has 0 radical (unpaired) electrons. The molecule has 20 heavy (non-hydrogen) atoms. The smallest absolute Gasteiger partial charge is 0.255 e. The number of nitrogens with one attached hydrogen (secondary N) is 1. The van der Waals surface area contributed by atoms with Crippen molar-refractivity contribution < 1.29 is 14.6 Å². The standard InChI is InChI=1S/C14H15N3O3/c1-9-6-16-10(7-15-9)8-17-14(19)12-5-11(20-2)3-4-13(12)18/h3-7,18H,8H2,1-2H3,(H,17,19). The molecule has 2 N–H and O–H groups in total. The van der Waals surface area contributed by atoms with Gasteiger partial charge in [0.2, 0.25) is 0 Å². The number of carbonyl (C=O) groups excluding carboxylic acids is 1. The molecule has 1 amide bonds. The summed E-state index contributed by atoms with van der Waals surface area (Å²) in [6, 6.07) is 4.47. The van der Waals surface area contributed by atoms with E-state index in [1.165, 1.54) is 19.2 Å². The highest BCUT2D eigenvalue weighted by Gasteiger charge is 2.12. The van der Waals surface area contributed by atoms with Crippen molar-refractivity contribution in [1.29, 1.82) is 0 Å². The van der Waals surface area contributed by atoms with Crippen LogP contribution in [-0.2, 0) is 6.54 Å². The lowest BCUT2D eigenvalue weighted by molar-refractivity contribution is 0.0947. The molecule has 6 nitrogen and oxygen atoms in total. The number of hydrogen-bond acceptors (Lipinski definition) is 5. The number of nitrogens with zero attached hydrogens (tertiary/aromatic N) is 2. The zero-order valence-electron chi connectivity index (χ0n) is 11.3. The second kappa shape index (κ2) is 6.01. The lowest BCUT2D eigenvalue weighted by Crippen LogP contribution is -2.23. The van der Waals surface area contributed by atoms with Gasteiger partial charge in [-0.1, -0.05) is 0 Å². The Morgan fingerprint density at radius 2 is 2.15 bits per heavy atom. The Hall–Kier alpha value is -2.63. The monoisotopic (exact) mass is 273 g/mol. The molecule has 1 heterocycles. The van der Waals surface area contributed by atoms with Crippen LogP contribution >= 0.6 is 0 Å². The number of benzene rings is 1. The third kappa shape index (κ3) is 3.23. The highest BCUT2D eigenvalue weighted by Crippen LogP contribution is 2.22. The van der Waals surface area contributed by atoms with E-state index in [0.717, 1.165) is 5.69 Å². The van der Waals surface area contributed by atoms with Crippen molar-refractivity contribution in [3.05, 3.63) is 47.5 Å². The quantitative estimate of drug-likeness (QED) is 0.880. The van der Waals surface area contributed by atoms with Gasteiger partial charge >= 0.3 is 0 Å². The first kappa shape index (κ1) is 13.8. The molecule has 104 valence electrons. The van der Waals surface area contributed by atoms with Gasteiger partial charge in [0.15, 0.2) is 0 Å². The number of aromatic nitrogens is 2.